The van der Waals surface area contributed by atoms with Gasteiger partial charge in [0.1, 0.15) is 0 Å². The number of aliphatic hydroxyl groups excluding tert-OH is 1. The van der Waals surface area contributed by atoms with Crippen LogP contribution in [0.2, 0.25) is 0 Å². The lowest BCUT2D eigenvalue weighted by Crippen LogP contribution is -2.30. The van der Waals surface area contributed by atoms with Gasteiger partial charge in [-0.3, -0.25) is 0 Å². The molecule has 1 aromatic rings. The number of aromatic nitrogens is 1. The first-order valence-corrected chi connectivity index (χ1v) is 6.89. The van der Waals surface area contributed by atoms with Gasteiger partial charge in [-0.2, -0.15) is 0 Å². The summed E-state index contributed by atoms with van der Waals surface area (Å²) in [5.74, 6) is 0. The average Bonchev–Trinajstić information content (AvgIpc) is 2.87. The predicted octanol–water partition coefficient (Wildman–Crippen LogP) is 2.22. The highest BCUT2D eigenvalue weighted by Gasteiger charge is 2.24. The molecule has 1 saturated heterocycles. The van der Waals surface area contributed by atoms with Crippen LogP contribution in [0.4, 0.5) is 0 Å². The molecule has 1 N–H and O–H groups in total. The Morgan fingerprint density at radius 2 is 2.50 bits per heavy atom. The number of thiazole rings is 1. The van der Waals surface area contributed by atoms with E-state index in [-0.39, 0.29) is 6.10 Å². The van der Waals surface area contributed by atoms with Crippen molar-refractivity contribution < 1.29 is 5.11 Å². The van der Waals surface area contributed by atoms with E-state index in [1.807, 2.05) is 6.20 Å². The Kier molecular flexibility index (Phi) is 3.95. The molecule has 0 aromatic carbocycles. The molecule has 16 heavy (non-hydrogen) atoms. The third-order valence-corrected chi connectivity index (χ3v) is 4.49. The van der Waals surface area contributed by atoms with Crippen LogP contribution < -0.4 is 0 Å². The first-order chi connectivity index (χ1) is 7.70. The Morgan fingerprint density at radius 3 is 3.12 bits per heavy atom. The van der Waals surface area contributed by atoms with Gasteiger partial charge >= 0.3 is 0 Å². The third kappa shape index (κ3) is 2.62. The van der Waals surface area contributed by atoms with Gasteiger partial charge in [-0.15, -0.1) is 11.3 Å². The van der Waals surface area contributed by atoms with Gasteiger partial charge in [-0.25, -0.2) is 4.98 Å². The first kappa shape index (κ1) is 12.0. The zero-order chi connectivity index (χ0) is 11.5. The molecule has 0 amide bonds. The second-order valence-corrected chi connectivity index (χ2v) is 5.61. The van der Waals surface area contributed by atoms with Gasteiger partial charge in [-0.1, -0.05) is 6.92 Å². The molecular formula is C12H20N2OS. The molecule has 0 bridgehead atoms. The minimum absolute atomic E-state index is 0.378. The highest BCUT2D eigenvalue weighted by Crippen LogP contribution is 2.25. The van der Waals surface area contributed by atoms with Crippen molar-refractivity contribution in [3.63, 3.8) is 0 Å². The van der Waals surface area contributed by atoms with Crippen LogP contribution in [-0.4, -0.2) is 34.1 Å². The monoisotopic (exact) mass is 240 g/mol. The van der Waals surface area contributed by atoms with E-state index in [1.165, 1.54) is 24.4 Å². The lowest BCUT2D eigenvalue weighted by atomic mass is 10.1. The zero-order valence-corrected chi connectivity index (χ0v) is 10.8. The van der Waals surface area contributed by atoms with Crippen LogP contribution in [0, 0.1) is 0 Å². The molecule has 1 fully saturated rings. The van der Waals surface area contributed by atoms with Gasteiger partial charge < -0.3 is 10.0 Å². The Labute approximate surface area is 101 Å². The quantitative estimate of drug-likeness (QED) is 0.876. The molecule has 2 atom stereocenters. The van der Waals surface area contributed by atoms with E-state index >= 15 is 0 Å². The molecule has 0 aliphatic carbocycles. The molecule has 90 valence electrons. The Bertz CT molecular complexity index is 338. The van der Waals surface area contributed by atoms with Crippen molar-refractivity contribution in [1.29, 1.82) is 0 Å². The average molecular weight is 240 g/mol. The molecule has 2 unspecified atom stereocenters. The van der Waals surface area contributed by atoms with E-state index in [0.717, 1.165) is 17.8 Å². The Balaban J connectivity index is 1.97. The lowest BCUT2D eigenvalue weighted by Gasteiger charge is -2.21. The van der Waals surface area contributed by atoms with Gasteiger partial charge in [0.05, 0.1) is 16.0 Å². The van der Waals surface area contributed by atoms with Crippen molar-refractivity contribution in [2.75, 3.05) is 13.1 Å². The van der Waals surface area contributed by atoms with Gasteiger partial charge in [-0.05, 0) is 32.9 Å². The number of likely N-dealkylation sites (N-methyl/N-ethyl adjacent to an activating group) is 1. The van der Waals surface area contributed by atoms with Gasteiger partial charge in [0.2, 0.25) is 0 Å². The Morgan fingerprint density at radius 1 is 1.69 bits per heavy atom. The largest absolute Gasteiger partial charge is 0.388 e. The maximum absolute atomic E-state index is 9.46. The number of hydrogen-bond donors (Lipinski definition) is 1. The fourth-order valence-electron chi connectivity index (χ4n) is 2.36. The van der Waals surface area contributed by atoms with Crippen molar-refractivity contribution in [2.24, 2.45) is 0 Å². The summed E-state index contributed by atoms with van der Waals surface area (Å²) in [6.45, 7) is 6.39. The van der Waals surface area contributed by atoms with Crippen molar-refractivity contribution in [1.82, 2.24) is 9.88 Å². The normalized spacial score (nSPS) is 23.8. The highest BCUT2D eigenvalue weighted by molar-refractivity contribution is 7.11. The minimum atomic E-state index is -0.378. The van der Waals surface area contributed by atoms with Crippen LogP contribution in [0.1, 0.15) is 42.7 Å². The van der Waals surface area contributed by atoms with Crippen molar-refractivity contribution in [2.45, 2.75) is 45.3 Å². The van der Waals surface area contributed by atoms with Crippen molar-refractivity contribution in [3.05, 3.63) is 16.1 Å². The van der Waals surface area contributed by atoms with E-state index in [1.54, 1.807) is 18.3 Å². The number of rotatable bonds is 4. The van der Waals surface area contributed by atoms with Crippen LogP contribution in [0.5, 0.6) is 0 Å². The lowest BCUT2D eigenvalue weighted by molar-refractivity contribution is 0.203. The molecule has 2 heterocycles. The van der Waals surface area contributed by atoms with Crippen LogP contribution in [0.25, 0.3) is 0 Å². The molecular weight excluding hydrogens is 220 g/mol. The molecule has 0 spiro atoms. The molecule has 0 saturated carbocycles. The van der Waals surface area contributed by atoms with Gasteiger partial charge in [0.25, 0.3) is 0 Å². The van der Waals surface area contributed by atoms with Gasteiger partial charge in [0.15, 0.2) is 0 Å². The summed E-state index contributed by atoms with van der Waals surface area (Å²) in [4.78, 5) is 7.92. The summed E-state index contributed by atoms with van der Waals surface area (Å²) in [5, 5.41) is 10.6. The molecule has 3 nitrogen and oxygen atoms in total. The summed E-state index contributed by atoms with van der Waals surface area (Å²) in [5.41, 5.74) is 0. The van der Waals surface area contributed by atoms with E-state index in [2.05, 4.69) is 16.8 Å². The van der Waals surface area contributed by atoms with E-state index in [9.17, 15) is 5.11 Å². The van der Waals surface area contributed by atoms with Gasteiger partial charge in [0, 0.05) is 18.7 Å². The number of hydrogen-bond acceptors (Lipinski definition) is 4. The van der Waals surface area contributed by atoms with Crippen LogP contribution in [-0.2, 0) is 6.42 Å². The fraction of sp³-hybridized carbons (Fsp3) is 0.750. The van der Waals surface area contributed by atoms with E-state index in [4.69, 9.17) is 0 Å². The minimum Gasteiger partial charge on any atom is -0.388 e. The molecule has 2 rings (SSSR count). The van der Waals surface area contributed by atoms with Crippen molar-refractivity contribution >= 4 is 11.3 Å². The molecule has 4 heteroatoms. The maximum Gasteiger partial charge on any atom is 0.0944 e. The van der Waals surface area contributed by atoms with E-state index in [0.29, 0.717) is 6.04 Å². The number of nitrogens with zero attached hydrogens (tertiary/aromatic N) is 2. The summed E-state index contributed by atoms with van der Waals surface area (Å²) in [7, 11) is 0. The highest BCUT2D eigenvalue weighted by atomic mass is 32.1. The number of likely N-dealkylation sites (tertiary alicyclic amines) is 1. The molecule has 1 aliphatic rings. The summed E-state index contributed by atoms with van der Waals surface area (Å²) >= 11 is 1.65. The second-order valence-electron chi connectivity index (χ2n) is 4.46. The standard InChI is InChI=1S/C12H20N2OS/c1-3-14-6-4-5-10(14)7-12-13-8-11(16-12)9(2)15/h8-10,15H,3-7H2,1-2H3. The summed E-state index contributed by atoms with van der Waals surface area (Å²) < 4.78 is 0. The number of aliphatic hydroxyl groups is 1. The second kappa shape index (κ2) is 5.25. The van der Waals surface area contributed by atoms with Crippen molar-refractivity contribution in [3.8, 4) is 0 Å². The molecule has 1 aromatic heterocycles. The predicted molar refractivity (Wildman–Crippen MR) is 66.7 cm³/mol. The topological polar surface area (TPSA) is 36.4 Å². The fourth-order valence-corrected chi connectivity index (χ4v) is 3.29. The van der Waals surface area contributed by atoms with Crippen LogP contribution in [0.3, 0.4) is 0 Å². The third-order valence-electron chi connectivity index (χ3n) is 3.30. The molecule has 0 radical (unpaired) electrons. The van der Waals surface area contributed by atoms with E-state index < -0.39 is 0 Å². The smallest absolute Gasteiger partial charge is 0.0944 e. The van der Waals surface area contributed by atoms with Crippen LogP contribution >= 0.6 is 11.3 Å². The Hall–Kier alpha value is -0.450. The summed E-state index contributed by atoms with van der Waals surface area (Å²) in [6, 6.07) is 0.665. The molecule has 1 aliphatic heterocycles. The van der Waals surface area contributed by atoms with Crippen LogP contribution in [0.15, 0.2) is 6.20 Å². The zero-order valence-electron chi connectivity index (χ0n) is 10.0. The first-order valence-electron chi connectivity index (χ1n) is 6.07. The summed E-state index contributed by atoms with van der Waals surface area (Å²) in [6.07, 6.45) is 5.09. The SMILES string of the molecule is CCN1CCCC1Cc1ncc(C(C)O)s1. The maximum atomic E-state index is 9.46.